The third-order valence-electron chi connectivity index (χ3n) is 3.51. The van der Waals surface area contributed by atoms with Crippen LogP contribution in [0.15, 0.2) is 24.3 Å². The summed E-state index contributed by atoms with van der Waals surface area (Å²) >= 11 is 0. The zero-order valence-corrected chi connectivity index (χ0v) is 11.8. The molecule has 0 fully saturated rings. The summed E-state index contributed by atoms with van der Waals surface area (Å²) in [6, 6.07) is 8.81. The van der Waals surface area contributed by atoms with Crippen molar-refractivity contribution in [1.29, 1.82) is 0 Å². The first-order valence-corrected chi connectivity index (χ1v) is 8.55. The fraction of sp³-hybridized carbons (Fsp3) is 0.571. The van der Waals surface area contributed by atoms with Crippen LogP contribution in [0.25, 0.3) is 0 Å². The van der Waals surface area contributed by atoms with Crippen LogP contribution in [0.3, 0.4) is 0 Å². The molecule has 4 heteroatoms. The number of fused-ring (bicyclic) bond motifs is 1. The van der Waals surface area contributed by atoms with Gasteiger partial charge >= 0.3 is 0 Å². The van der Waals surface area contributed by atoms with E-state index < -0.39 is 9.84 Å². The Hall–Kier alpha value is -1.03. The van der Waals surface area contributed by atoms with E-state index in [0.29, 0.717) is 17.7 Å². The monoisotopic (exact) mass is 267 g/mol. The number of benzene rings is 1. The van der Waals surface area contributed by atoms with E-state index in [1.165, 1.54) is 17.5 Å². The maximum atomic E-state index is 11.2. The Bertz CT molecular complexity index is 510. The van der Waals surface area contributed by atoms with Crippen molar-refractivity contribution in [2.45, 2.75) is 38.1 Å². The maximum Gasteiger partial charge on any atom is 0.147 e. The zero-order chi connectivity index (χ0) is 13.2. The summed E-state index contributed by atoms with van der Waals surface area (Å²) in [4.78, 5) is 0. The van der Waals surface area contributed by atoms with Crippen molar-refractivity contribution in [3.05, 3.63) is 29.8 Å². The van der Waals surface area contributed by atoms with Gasteiger partial charge < -0.3 is 5.32 Å². The third kappa shape index (κ3) is 3.48. The summed E-state index contributed by atoms with van der Waals surface area (Å²) in [5, 5.41) is 3.48. The minimum atomic E-state index is -2.83. The predicted octanol–water partition coefficient (Wildman–Crippen LogP) is 2.80. The van der Waals surface area contributed by atoms with E-state index in [1.54, 1.807) is 0 Å². The van der Waals surface area contributed by atoms with E-state index in [4.69, 9.17) is 0 Å². The second kappa shape index (κ2) is 5.31. The molecule has 18 heavy (non-hydrogen) atoms. The first-order chi connectivity index (χ1) is 8.46. The smallest absolute Gasteiger partial charge is 0.147 e. The lowest BCUT2D eigenvalue weighted by molar-refractivity contribution is 0.514. The summed E-state index contributed by atoms with van der Waals surface area (Å²) < 4.78 is 22.3. The van der Waals surface area contributed by atoms with Crippen LogP contribution in [0.1, 0.15) is 37.7 Å². The lowest BCUT2D eigenvalue weighted by Crippen LogP contribution is -2.25. The van der Waals surface area contributed by atoms with Crippen molar-refractivity contribution in [2.75, 3.05) is 17.3 Å². The van der Waals surface area contributed by atoms with Gasteiger partial charge in [-0.25, -0.2) is 8.42 Å². The van der Waals surface area contributed by atoms with Gasteiger partial charge in [0.05, 0.1) is 0 Å². The second-order valence-electron chi connectivity index (χ2n) is 5.34. The van der Waals surface area contributed by atoms with E-state index in [0.717, 1.165) is 19.3 Å². The average Bonchev–Trinajstić information content (AvgIpc) is 2.27. The molecule has 0 saturated carbocycles. The molecule has 1 aliphatic rings. The van der Waals surface area contributed by atoms with Crippen molar-refractivity contribution in [3.63, 3.8) is 0 Å². The van der Waals surface area contributed by atoms with Crippen molar-refractivity contribution < 1.29 is 8.42 Å². The Kier molecular flexibility index (Phi) is 3.95. The van der Waals surface area contributed by atoms with Crippen LogP contribution in [-0.4, -0.2) is 26.5 Å². The predicted molar refractivity (Wildman–Crippen MR) is 75.8 cm³/mol. The normalized spacial score (nSPS) is 23.2. The summed E-state index contributed by atoms with van der Waals surface area (Å²) in [6.45, 7) is 2.18. The molecule has 0 spiro atoms. The van der Waals surface area contributed by atoms with Crippen LogP contribution in [0.4, 0.5) is 5.69 Å². The molecular weight excluding hydrogens is 246 g/mol. The number of hydrogen-bond acceptors (Lipinski definition) is 3. The number of rotatable bonds is 4. The number of anilines is 1. The Balaban J connectivity index is 2.05. The molecule has 1 N–H and O–H groups in total. The van der Waals surface area contributed by atoms with Gasteiger partial charge in [0.1, 0.15) is 9.84 Å². The van der Waals surface area contributed by atoms with E-state index >= 15 is 0 Å². The molecule has 0 aliphatic carbocycles. The molecule has 100 valence electrons. The van der Waals surface area contributed by atoms with Crippen LogP contribution in [0.2, 0.25) is 0 Å². The molecule has 0 saturated heterocycles. The van der Waals surface area contributed by atoms with Gasteiger partial charge in [-0.15, -0.1) is 0 Å². The van der Waals surface area contributed by atoms with Crippen LogP contribution >= 0.6 is 0 Å². The second-order valence-corrected chi connectivity index (χ2v) is 7.60. The van der Waals surface area contributed by atoms with Crippen LogP contribution in [0, 0.1) is 0 Å². The third-order valence-corrected chi connectivity index (χ3v) is 4.54. The molecule has 0 radical (unpaired) electrons. The molecule has 0 aromatic heterocycles. The molecule has 1 heterocycles. The average molecular weight is 267 g/mol. The number of hydrogen-bond donors (Lipinski definition) is 1. The topological polar surface area (TPSA) is 46.2 Å². The number of para-hydroxylation sites is 1. The molecule has 2 unspecified atom stereocenters. The Morgan fingerprint density at radius 2 is 2.06 bits per heavy atom. The molecule has 1 aromatic rings. The summed E-state index contributed by atoms with van der Waals surface area (Å²) in [6.07, 6.45) is 4.10. The van der Waals surface area contributed by atoms with Gasteiger partial charge in [-0.1, -0.05) is 18.2 Å². The van der Waals surface area contributed by atoms with Gasteiger partial charge in [0.25, 0.3) is 0 Å². The minimum absolute atomic E-state index is 0.299. The summed E-state index contributed by atoms with van der Waals surface area (Å²) in [7, 11) is -2.83. The number of nitrogens with one attached hydrogen (secondary N) is 1. The highest BCUT2D eigenvalue weighted by Crippen LogP contribution is 2.36. The maximum absolute atomic E-state index is 11.2. The largest absolute Gasteiger partial charge is 0.382 e. The zero-order valence-electron chi connectivity index (χ0n) is 11.0. The Morgan fingerprint density at radius 3 is 2.78 bits per heavy atom. The first kappa shape index (κ1) is 13.4. The fourth-order valence-corrected chi connectivity index (χ4v) is 3.42. The first-order valence-electron chi connectivity index (χ1n) is 6.49. The van der Waals surface area contributed by atoms with Crippen LogP contribution in [-0.2, 0) is 9.84 Å². The highest BCUT2D eigenvalue weighted by atomic mass is 32.2. The quantitative estimate of drug-likeness (QED) is 0.912. The standard InChI is InChI=1S/C14H21NO2S/c1-11-10-12(6-5-9-18(2,16)17)13-7-3-4-8-14(13)15-11/h3-4,7-8,11-12,15H,5-6,9-10H2,1-2H3. The van der Waals surface area contributed by atoms with Gasteiger partial charge in [-0.2, -0.15) is 0 Å². The van der Waals surface area contributed by atoms with Gasteiger partial charge in [0.2, 0.25) is 0 Å². The highest BCUT2D eigenvalue weighted by molar-refractivity contribution is 7.90. The number of sulfone groups is 1. The van der Waals surface area contributed by atoms with Gasteiger partial charge in [0, 0.05) is 23.7 Å². The van der Waals surface area contributed by atoms with Crippen LogP contribution < -0.4 is 5.32 Å². The van der Waals surface area contributed by atoms with Crippen molar-refractivity contribution >= 4 is 15.5 Å². The van der Waals surface area contributed by atoms with E-state index in [9.17, 15) is 8.42 Å². The SMILES string of the molecule is CC1CC(CCCS(C)(=O)=O)c2ccccc2N1. The molecule has 1 aliphatic heterocycles. The molecular formula is C14H21NO2S. The Morgan fingerprint density at radius 1 is 1.33 bits per heavy atom. The molecule has 2 rings (SSSR count). The van der Waals surface area contributed by atoms with Gasteiger partial charge in [-0.05, 0) is 43.7 Å². The van der Waals surface area contributed by atoms with Crippen molar-refractivity contribution in [3.8, 4) is 0 Å². The summed E-state index contributed by atoms with van der Waals surface area (Å²) in [5.74, 6) is 0.784. The van der Waals surface area contributed by atoms with Gasteiger partial charge in [0.15, 0.2) is 0 Å². The van der Waals surface area contributed by atoms with E-state index in [-0.39, 0.29) is 0 Å². The highest BCUT2D eigenvalue weighted by Gasteiger charge is 2.23. The van der Waals surface area contributed by atoms with Gasteiger partial charge in [-0.3, -0.25) is 0 Å². The van der Waals surface area contributed by atoms with Crippen molar-refractivity contribution in [2.24, 2.45) is 0 Å². The van der Waals surface area contributed by atoms with E-state index in [2.05, 4.69) is 30.4 Å². The molecule has 1 aromatic carbocycles. The van der Waals surface area contributed by atoms with E-state index in [1.807, 2.05) is 6.07 Å². The minimum Gasteiger partial charge on any atom is -0.382 e. The molecule has 3 nitrogen and oxygen atoms in total. The van der Waals surface area contributed by atoms with Crippen LogP contribution in [0.5, 0.6) is 0 Å². The Labute approximate surface area is 110 Å². The lowest BCUT2D eigenvalue weighted by atomic mass is 9.84. The molecule has 2 atom stereocenters. The van der Waals surface area contributed by atoms with Crippen molar-refractivity contribution in [1.82, 2.24) is 0 Å². The summed E-state index contributed by atoms with van der Waals surface area (Å²) in [5.41, 5.74) is 2.55. The molecule has 0 bridgehead atoms. The molecule has 0 amide bonds. The fourth-order valence-electron chi connectivity index (χ4n) is 2.73. The lowest BCUT2D eigenvalue weighted by Gasteiger charge is -2.31.